The smallest absolute Gasteiger partial charge is 0.245 e. The number of hydrogen-bond acceptors (Lipinski definition) is 5. The fraction of sp³-hybridized carbons (Fsp3) is 0.444. The van der Waals surface area contributed by atoms with Gasteiger partial charge in [-0.15, -0.1) is 0 Å². The number of fused-ring (bicyclic) bond motifs is 1. The van der Waals surface area contributed by atoms with Crippen molar-refractivity contribution < 1.29 is 9.32 Å². The lowest BCUT2D eigenvalue weighted by atomic mass is 9.85. The monoisotopic (exact) mass is 339 g/mol. The van der Waals surface area contributed by atoms with Gasteiger partial charge in [0.2, 0.25) is 11.8 Å². The summed E-state index contributed by atoms with van der Waals surface area (Å²) < 4.78 is 7.22. The van der Waals surface area contributed by atoms with Crippen LogP contribution in [0.2, 0.25) is 0 Å². The van der Waals surface area contributed by atoms with Gasteiger partial charge >= 0.3 is 0 Å². The third-order valence-corrected chi connectivity index (χ3v) is 4.95. The second kappa shape index (κ2) is 6.31. The van der Waals surface area contributed by atoms with Crippen molar-refractivity contribution in [1.29, 1.82) is 0 Å². The number of imidazole rings is 1. The van der Waals surface area contributed by atoms with Crippen LogP contribution in [0.4, 0.5) is 0 Å². The van der Waals surface area contributed by atoms with Gasteiger partial charge in [0, 0.05) is 13.0 Å². The molecule has 0 spiro atoms. The van der Waals surface area contributed by atoms with Crippen LogP contribution in [0.15, 0.2) is 35.1 Å². The Bertz CT molecular complexity index is 896. The molecule has 3 aromatic rings. The molecule has 130 valence electrons. The van der Waals surface area contributed by atoms with Gasteiger partial charge in [-0.05, 0) is 31.9 Å². The Balaban J connectivity index is 1.46. The molecule has 1 atom stereocenters. The molecular formula is C18H21N5O2. The molecule has 1 unspecified atom stereocenters. The van der Waals surface area contributed by atoms with E-state index in [2.05, 4.69) is 15.1 Å². The maximum absolute atomic E-state index is 12.8. The van der Waals surface area contributed by atoms with Crippen molar-refractivity contribution in [3.8, 4) is 0 Å². The predicted octanol–water partition coefficient (Wildman–Crippen LogP) is 2.91. The molecular weight excluding hydrogens is 318 g/mol. The van der Waals surface area contributed by atoms with Gasteiger partial charge in [-0.3, -0.25) is 4.79 Å². The fourth-order valence-corrected chi connectivity index (χ4v) is 3.17. The van der Waals surface area contributed by atoms with Gasteiger partial charge in [0.05, 0.1) is 23.9 Å². The number of carbonyl (C=O) groups is 1. The van der Waals surface area contributed by atoms with Gasteiger partial charge in [-0.2, -0.15) is 4.98 Å². The van der Waals surface area contributed by atoms with Crippen molar-refractivity contribution in [2.24, 2.45) is 0 Å². The number of aromatic nitrogens is 4. The zero-order chi connectivity index (χ0) is 17.4. The van der Waals surface area contributed by atoms with Crippen molar-refractivity contribution in [2.45, 2.75) is 44.7 Å². The Kier molecular flexibility index (Phi) is 3.99. The lowest BCUT2D eigenvalue weighted by Crippen LogP contribution is -2.32. The van der Waals surface area contributed by atoms with Crippen LogP contribution in [-0.4, -0.2) is 37.5 Å². The average Bonchev–Trinajstić information content (AvgIpc) is 3.19. The summed E-state index contributed by atoms with van der Waals surface area (Å²) >= 11 is 0. The number of rotatable bonds is 5. The third kappa shape index (κ3) is 2.90. The van der Waals surface area contributed by atoms with Crippen LogP contribution in [0, 0.1) is 0 Å². The maximum Gasteiger partial charge on any atom is 0.245 e. The fourth-order valence-electron chi connectivity index (χ4n) is 3.17. The van der Waals surface area contributed by atoms with Crippen LogP contribution in [-0.2, 0) is 11.3 Å². The van der Waals surface area contributed by atoms with Gasteiger partial charge in [0.25, 0.3) is 0 Å². The van der Waals surface area contributed by atoms with Crippen LogP contribution in [0.1, 0.15) is 49.9 Å². The Hall–Kier alpha value is -2.70. The summed E-state index contributed by atoms with van der Waals surface area (Å²) in [6, 6.07) is 7.44. The Morgan fingerprint density at radius 1 is 1.40 bits per heavy atom. The number of likely N-dealkylation sites (N-methyl/N-ethyl adjacent to an activating group) is 1. The lowest BCUT2D eigenvalue weighted by molar-refractivity contribution is -0.133. The third-order valence-electron chi connectivity index (χ3n) is 4.95. The van der Waals surface area contributed by atoms with Crippen LogP contribution in [0.3, 0.4) is 0 Å². The first-order chi connectivity index (χ1) is 12.1. The highest BCUT2D eigenvalue weighted by Crippen LogP contribution is 2.35. The van der Waals surface area contributed by atoms with E-state index in [0.29, 0.717) is 24.2 Å². The second-order valence-electron chi connectivity index (χ2n) is 6.69. The predicted molar refractivity (Wildman–Crippen MR) is 91.8 cm³/mol. The summed E-state index contributed by atoms with van der Waals surface area (Å²) in [5.74, 6) is 1.65. The minimum absolute atomic E-state index is 0.0156. The van der Waals surface area contributed by atoms with Crippen molar-refractivity contribution in [2.75, 3.05) is 7.05 Å². The number of amides is 1. The van der Waals surface area contributed by atoms with E-state index in [4.69, 9.17) is 4.52 Å². The zero-order valence-corrected chi connectivity index (χ0v) is 14.4. The molecule has 1 aliphatic rings. The van der Waals surface area contributed by atoms with E-state index < -0.39 is 0 Å². The minimum atomic E-state index is -0.351. The van der Waals surface area contributed by atoms with E-state index in [1.165, 1.54) is 6.42 Å². The zero-order valence-electron chi connectivity index (χ0n) is 14.4. The number of carbonyl (C=O) groups excluding carboxylic acids is 1. The van der Waals surface area contributed by atoms with Crippen molar-refractivity contribution in [3.05, 3.63) is 42.3 Å². The molecule has 0 radical (unpaired) electrons. The molecule has 25 heavy (non-hydrogen) atoms. The molecule has 7 nitrogen and oxygen atoms in total. The summed E-state index contributed by atoms with van der Waals surface area (Å²) in [7, 11) is 1.76. The molecule has 1 aliphatic carbocycles. The molecule has 7 heteroatoms. The summed E-state index contributed by atoms with van der Waals surface area (Å²) in [5.41, 5.74) is 1.83. The lowest BCUT2D eigenvalue weighted by Gasteiger charge is -2.21. The summed E-state index contributed by atoms with van der Waals surface area (Å²) in [4.78, 5) is 23.2. The summed E-state index contributed by atoms with van der Waals surface area (Å²) in [6.45, 7) is 2.22. The maximum atomic E-state index is 12.8. The summed E-state index contributed by atoms with van der Waals surface area (Å²) in [5, 5.41) is 4.01. The molecule has 2 aromatic heterocycles. The quantitative estimate of drug-likeness (QED) is 0.714. The Labute approximate surface area is 145 Å². The highest BCUT2D eigenvalue weighted by Gasteiger charge is 2.26. The van der Waals surface area contributed by atoms with Crippen molar-refractivity contribution in [1.82, 2.24) is 24.6 Å². The number of para-hydroxylation sites is 2. The van der Waals surface area contributed by atoms with Gasteiger partial charge in [0.1, 0.15) is 6.04 Å². The van der Waals surface area contributed by atoms with E-state index >= 15 is 0 Å². The molecule has 1 aromatic carbocycles. The normalized spacial score (nSPS) is 15.9. The molecule has 2 heterocycles. The molecule has 0 bridgehead atoms. The molecule has 1 amide bonds. The second-order valence-corrected chi connectivity index (χ2v) is 6.69. The van der Waals surface area contributed by atoms with Crippen LogP contribution < -0.4 is 0 Å². The molecule has 0 saturated heterocycles. The summed E-state index contributed by atoms with van der Waals surface area (Å²) in [6.07, 6.45) is 5.16. The Morgan fingerprint density at radius 2 is 2.20 bits per heavy atom. The highest BCUT2D eigenvalue weighted by molar-refractivity contribution is 5.83. The first-order valence-electron chi connectivity index (χ1n) is 8.62. The van der Waals surface area contributed by atoms with E-state index in [1.54, 1.807) is 18.3 Å². The van der Waals surface area contributed by atoms with Crippen LogP contribution >= 0.6 is 0 Å². The SMILES string of the molecule is CC(C(=O)N(C)Cc1noc(C2CCC2)n1)n1cnc2ccccc21. The molecule has 0 N–H and O–H groups in total. The topological polar surface area (TPSA) is 77.0 Å². The van der Waals surface area contributed by atoms with E-state index in [1.807, 2.05) is 35.8 Å². The minimum Gasteiger partial charge on any atom is -0.339 e. The standard InChI is InChI=1S/C18H21N5O2/c1-12(23-11-19-14-8-3-4-9-15(14)23)18(24)22(2)10-16-20-17(25-21-16)13-6-5-7-13/h3-4,8-9,11-13H,5-7,10H2,1-2H3. The highest BCUT2D eigenvalue weighted by atomic mass is 16.5. The van der Waals surface area contributed by atoms with Crippen molar-refractivity contribution >= 4 is 16.9 Å². The van der Waals surface area contributed by atoms with Crippen molar-refractivity contribution in [3.63, 3.8) is 0 Å². The molecule has 0 aliphatic heterocycles. The van der Waals surface area contributed by atoms with Gasteiger partial charge in [-0.25, -0.2) is 4.98 Å². The first kappa shape index (κ1) is 15.8. The average molecular weight is 339 g/mol. The van der Waals surface area contributed by atoms with Crippen LogP contribution in [0.25, 0.3) is 11.0 Å². The van der Waals surface area contributed by atoms with Gasteiger partial charge < -0.3 is 14.0 Å². The van der Waals surface area contributed by atoms with Crippen LogP contribution in [0.5, 0.6) is 0 Å². The van der Waals surface area contributed by atoms with Gasteiger partial charge in [0.15, 0.2) is 5.82 Å². The number of hydrogen-bond donors (Lipinski definition) is 0. The van der Waals surface area contributed by atoms with Gasteiger partial charge in [-0.1, -0.05) is 23.7 Å². The van der Waals surface area contributed by atoms with E-state index in [0.717, 1.165) is 23.9 Å². The number of nitrogens with zero attached hydrogens (tertiary/aromatic N) is 5. The van der Waals surface area contributed by atoms with E-state index in [-0.39, 0.29) is 11.9 Å². The number of benzene rings is 1. The molecule has 4 rings (SSSR count). The molecule has 1 fully saturated rings. The first-order valence-corrected chi connectivity index (χ1v) is 8.62. The molecule has 1 saturated carbocycles. The largest absolute Gasteiger partial charge is 0.339 e. The van der Waals surface area contributed by atoms with E-state index in [9.17, 15) is 4.79 Å². The Morgan fingerprint density at radius 3 is 2.96 bits per heavy atom.